The number of hydrogen-bond acceptors (Lipinski definition) is 3. The van der Waals surface area contributed by atoms with Crippen LogP contribution in [0.25, 0.3) is 11.1 Å². The SMILES string of the molecule is O=C(Nc1cccc(-c2cn[nH]c2)c1)C1(c2ccc(Cl)cc2)CCNCC1. The highest BCUT2D eigenvalue weighted by molar-refractivity contribution is 6.30. The first-order valence-corrected chi connectivity index (χ1v) is 9.43. The number of amides is 1. The molecule has 2 heterocycles. The zero-order valence-corrected chi connectivity index (χ0v) is 15.6. The molecule has 5 nitrogen and oxygen atoms in total. The van der Waals surface area contributed by atoms with Gasteiger partial charge in [0.1, 0.15) is 0 Å². The lowest BCUT2D eigenvalue weighted by Gasteiger charge is -2.36. The number of aromatic amines is 1. The molecule has 1 aliphatic rings. The van der Waals surface area contributed by atoms with Crippen molar-refractivity contribution in [2.24, 2.45) is 0 Å². The fourth-order valence-electron chi connectivity index (χ4n) is 3.71. The Bertz CT molecular complexity index is 916. The Morgan fingerprint density at radius 2 is 1.85 bits per heavy atom. The second-order valence-corrected chi connectivity index (χ2v) is 7.30. The van der Waals surface area contributed by atoms with Gasteiger partial charge in [-0.25, -0.2) is 0 Å². The van der Waals surface area contributed by atoms with E-state index < -0.39 is 5.41 Å². The number of carbonyl (C=O) groups is 1. The minimum absolute atomic E-state index is 0.0238. The molecule has 27 heavy (non-hydrogen) atoms. The average molecular weight is 381 g/mol. The minimum atomic E-state index is -0.554. The fraction of sp³-hybridized carbons (Fsp3) is 0.238. The van der Waals surface area contributed by atoms with Crippen LogP contribution in [-0.2, 0) is 10.2 Å². The summed E-state index contributed by atoms with van der Waals surface area (Å²) in [5.41, 5.74) is 3.23. The van der Waals surface area contributed by atoms with E-state index in [0.717, 1.165) is 48.3 Å². The van der Waals surface area contributed by atoms with Crippen molar-refractivity contribution < 1.29 is 4.79 Å². The van der Waals surface area contributed by atoms with Crippen LogP contribution >= 0.6 is 11.6 Å². The Kier molecular flexibility index (Phi) is 4.97. The molecular weight excluding hydrogens is 360 g/mol. The van der Waals surface area contributed by atoms with Gasteiger partial charge >= 0.3 is 0 Å². The number of nitrogens with zero attached hydrogens (tertiary/aromatic N) is 1. The number of carbonyl (C=O) groups excluding carboxylic acids is 1. The third kappa shape index (κ3) is 3.61. The summed E-state index contributed by atoms with van der Waals surface area (Å²) < 4.78 is 0. The minimum Gasteiger partial charge on any atom is -0.325 e. The molecule has 138 valence electrons. The van der Waals surface area contributed by atoms with E-state index in [0.29, 0.717) is 5.02 Å². The Morgan fingerprint density at radius 1 is 1.07 bits per heavy atom. The predicted octanol–water partition coefficient (Wildman–Crippen LogP) is 3.99. The average Bonchev–Trinajstić information content (AvgIpc) is 3.24. The Balaban J connectivity index is 1.63. The summed E-state index contributed by atoms with van der Waals surface area (Å²) in [5.74, 6) is 0.0238. The van der Waals surface area contributed by atoms with Crippen LogP contribution in [0.1, 0.15) is 18.4 Å². The molecule has 1 amide bonds. The summed E-state index contributed by atoms with van der Waals surface area (Å²) in [6, 6.07) is 15.5. The van der Waals surface area contributed by atoms with Crippen molar-refractivity contribution in [3.8, 4) is 11.1 Å². The molecule has 6 heteroatoms. The number of halogens is 1. The van der Waals surface area contributed by atoms with E-state index in [1.54, 1.807) is 6.20 Å². The fourth-order valence-corrected chi connectivity index (χ4v) is 3.83. The van der Waals surface area contributed by atoms with Gasteiger partial charge in [-0.15, -0.1) is 0 Å². The Morgan fingerprint density at radius 3 is 2.56 bits per heavy atom. The quantitative estimate of drug-likeness (QED) is 0.641. The van der Waals surface area contributed by atoms with E-state index >= 15 is 0 Å². The molecule has 0 bridgehead atoms. The molecule has 1 aromatic heterocycles. The van der Waals surface area contributed by atoms with Crippen molar-refractivity contribution in [1.82, 2.24) is 15.5 Å². The first-order chi connectivity index (χ1) is 13.2. The molecule has 1 saturated heterocycles. The van der Waals surface area contributed by atoms with E-state index in [1.165, 1.54) is 0 Å². The summed E-state index contributed by atoms with van der Waals surface area (Å²) in [6.07, 6.45) is 5.11. The maximum Gasteiger partial charge on any atom is 0.235 e. The zero-order chi connectivity index (χ0) is 18.7. The number of H-pyrrole nitrogens is 1. The molecule has 0 aliphatic carbocycles. The van der Waals surface area contributed by atoms with Gasteiger partial charge in [-0.2, -0.15) is 5.10 Å². The topological polar surface area (TPSA) is 69.8 Å². The lowest BCUT2D eigenvalue weighted by molar-refractivity contribution is -0.122. The van der Waals surface area contributed by atoms with Gasteiger partial charge < -0.3 is 10.6 Å². The van der Waals surface area contributed by atoms with Crippen LogP contribution in [-0.4, -0.2) is 29.2 Å². The largest absolute Gasteiger partial charge is 0.325 e. The maximum atomic E-state index is 13.4. The molecule has 0 spiro atoms. The van der Waals surface area contributed by atoms with Gasteiger partial charge in [0.05, 0.1) is 11.6 Å². The van der Waals surface area contributed by atoms with Crippen LogP contribution in [0.4, 0.5) is 5.69 Å². The van der Waals surface area contributed by atoms with Crippen molar-refractivity contribution >= 4 is 23.2 Å². The van der Waals surface area contributed by atoms with Gasteiger partial charge in [0, 0.05) is 22.5 Å². The summed E-state index contributed by atoms with van der Waals surface area (Å²) >= 11 is 6.05. The van der Waals surface area contributed by atoms with Crippen LogP contribution in [0.15, 0.2) is 60.9 Å². The number of hydrogen-bond donors (Lipinski definition) is 3. The van der Waals surface area contributed by atoms with E-state index in [9.17, 15) is 4.79 Å². The molecule has 0 saturated carbocycles. The summed E-state index contributed by atoms with van der Waals surface area (Å²) in [7, 11) is 0. The third-order valence-electron chi connectivity index (χ3n) is 5.24. The van der Waals surface area contributed by atoms with Crippen LogP contribution in [0, 0.1) is 0 Å². The van der Waals surface area contributed by atoms with Gasteiger partial charge in [0.15, 0.2) is 0 Å². The standard InChI is InChI=1S/C21H21ClN4O/c22-18-6-4-17(5-7-18)21(8-10-23-11-9-21)20(27)26-19-3-1-2-15(12-19)16-13-24-25-14-16/h1-7,12-14,23H,8-11H2,(H,24,25)(H,26,27). The van der Waals surface area contributed by atoms with Crippen molar-refractivity contribution in [2.75, 3.05) is 18.4 Å². The summed E-state index contributed by atoms with van der Waals surface area (Å²) in [4.78, 5) is 13.4. The van der Waals surface area contributed by atoms with Gasteiger partial charge in [-0.3, -0.25) is 9.89 Å². The number of piperidine rings is 1. The van der Waals surface area contributed by atoms with Crippen LogP contribution in [0.5, 0.6) is 0 Å². The van der Waals surface area contributed by atoms with Gasteiger partial charge in [0.2, 0.25) is 5.91 Å². The van der Waals surface area contributed by atoms with Crippen LogP contribution in [0.2, 0.25) is 5.02 Å². The monoisotopic (exact) mass is 380 g/mol. The highest BCUT2D eigenvalue weighted by Crippen LogP contribution is 2.36. The van der Waals surface area contributed by atoms with E-state index in [1.807, 2.05) is 54.7 Å². The third-order valence-corrected chi connectivity index (χ3v) is 5.49. The van der Waals surface area contributed by atoms with Gasteiger partial charge in [0.25, 0.3) is 0 Å². The van der Waals surface area contributed by atoms with Crippen molar-refractivity contribution in [3.05, 3.63) is 71.5 Å². The Hall–Kier alpha value is -2.63. The number of aromatic nitrogens is 2. The molecule has 0 radical (unpaired) electrons. The van der Waals surface area contributed by atoms with Crippen molar-refractivity contribution in [3.63, 3.8) is 0 Å². The zero-order valence-electron chi connectivity index (χ0n) is 14.8. The van der Waals surface area contributed by atoms with Crippen molar-refractivity contribution in [1.29, 1.82) is 0 Å². The summed E-state index contributed by atoms with van der Waals surface area (Å²) in [5, 5.41) is 14.0. The summed E-state index contributed by atoms with van der Waals surface area (Å²) in [6.45, 7) is 1.62. The second kappa shape index (κ2) is 7.55. The molecule has 0 unspecified atom stereocenters. The van der Waals surface area contributed by atoms with Gasteiger partial charge in [-0.05, 0) is 61.3 Å². The number of nitrogens with one attached hydrogen (secondary N) is 3. The van der Waals surface area contributed by atoms with Crippen molar-refractivity contribution in [2.45, 2.75) is 18.3 Å². The van der Waals surface area contributed by atoms with Gasteiger partial charge in [-0.1, -0.05) is 35.9 Å². The Labute approximate surface area is 163 Å². The molecule has 3 N–H and O–H groups in total. The molecule has 2 aromatic carbocycles. The normalized spacial score (nSPS) is 16.0. The molecular formula is C21H21ClN4O. The smallest absolute Gasteiger partial charge is 0.235 e. The van der Waals surface area contributed by atoms with Crippen LogP contribution < -0.4 is 10.6 Å². The first kappa shape index (κ1) is 17.8. The first-order valence-electron chi connectivity index (χ1n) is 9.05. The van der Waals surface area contributed by atoms with E-state index in [-0.39, 0.29) is 5.91 Å². The lowest BCUT2D eigenvalue weighted by Crippen LogP contribution is -2.48. The lowest BCUT2D eigenvalue weighted by atomic mass is 9.72. The second-order valence-electron chi connectivity index (χ2n) is 6.86. The number of rotatable bonds is 4. The predicted molar refractivity (Wildman–Crippen MR) is 108 cm³/mol. The molecule has 0 atom stereocenters. The highest BCUT2D eigenvalue weighted by atomic mass is 35.5. The van der Waals surface area contributed by atoms with E-state index in [4.69, 9.17) is 11.6 Å². The number of benzene rings is 2. The maximum absolute atomic E-state index is 13.4. The number of anilines is 1. The molecule has 4 rings (SSSR count). The molecule has 1 fully saturated rings. The highest BCUT2D eigenvalue weighted by Gasteiger charge is 2.41. The molecule has 3 aromatic rings. The van der Waals surface area contributed by atoms with E-state index in [2.05, 4.69) is 20.8 Å². The molecule has 1 aliphatic heterocycles. The van der Waals surface area contributed by atoms with Crippen LogP contribution in [0.3, 0.4) is 0 Å².